The molecule has 0 saturated carbocycles. The van der Waals surface area contributed by atoms with Crippen LogP contribution in [0.1, 0.15) is 27.2 Å². The van der Waals surface area contributed by atoms with Gasteiger partial charge in [-0.3, -0.25) is 4.79 Å². The van der Waals surface area contributed by atoms with E-state index in [0.29, 0.717) is 105 Å². The fraction of sp³-hybridized carbons (Fsp3) is 0.955. The molecule has 10 nitrogen and oxygen atoms in total. The number of carbonyl (C=O) groups is 1. The smallest absolute Gasteiger partial charge is 0.307 e. The minimum Gasteiger partial charge on any atom is -0.460 e. The number of hydrogen-bond donors (Lipinski definition) is 1. The van der Waals surface area contributed by atoms with Crippen LogP contribution < -0.4 is 5.32 Å². The van der Waals surface area contributed by atoms with Crippen LogP contribution in [0.2, 0.25) is 0 Å². The van der Waals surface area contributed by atoms with E-state index >= 15 is 0 Å². The largest absolute Gasteiger partial charge is 0.460 e. The third-order valence-corrected chi connectivity index (χ3v) is 3.64. The zero-order valence-corrected chi connectivity index (χ0v) is 20.5. The van der Waals surface area contributed by atoms with Gasteiger partial charge >= 0.3 is 5.97 Å². The van der Waals surface area contributed by atoms with E-state index in [1.807, 2.05) is 20.8 Å². The monoisotopic (exact) mass is 467 g/mol. The van der Waals surface area contributed by atoms with E-state index in [1.54, 1.807) is 7.11 Å². The Morgan fingerprint density at radius 3 is 1.34 bits per heavy atom. The summed E-state index contributed by atoms with van der Waals surface area (Å²) in [6.45, 7) is 13.9. The van der Waals surface area contributed by atoms with E-state index in [-0.39, 0.29) is 5.97 Å². The molecule has 0 amide bonds. The fourth-order valence-corrected chi connectivity index (χ4v) is 2.20. The lowest BCUT2D eigenvalue weighted by Gasteiger charge is -2.19. The molecule has 0 aliphatic carbocycles. The van der Waals surface area contributed by atoms with Gasteiger partial charge in [-0.15, -0.1) is 0 Å². The van der Waals surface area contributed by atoms with Gasteiger partial charge in [-0.25, -0.2) is 0 Å². The highest BCUT2D eigenvalue weighted by atomic mass is 16.6. The molecule has 0 aromatic carbocycles. The maximum absolute atomic E-state index is 11.5. The molecule has 1 N–H and O–H groups in total. The van der Waals surface area contributed by atoms with Crippen LogP contribution in [0.5, 0.6) is 0 Å². The predicted octanol–water partition coefficient (Wildman–Crippen LogP) is 1.05. The summed E-state index contributed by atoms with van der Waals surface area (Å²) in [7, 11) is 1.64. The fourth-order valence-electron chi connectivity index (χ4n) is 2.20. The molecule has 0 aromatic heterocycles. The number of rotatable bonds is 24. The summed E-state index contributed by atoms with van der Waals surface area (Å²) in [6, 6.07) is 0. The lowest BCUT2D eigenvalue weighted by Crippen LogP contribution is -2.28. The average molecular weight is 468 g/mol. The Kier molecular flexibility index (Phi) is 22.7. The normalized spacial score (nSPS) is 11.8. The molecule has 0 radical (unpaired) electrons. The van der Waals surface area contributed by atoms with Crippen LogP contribution in [0.4, 0.5) is 0 Å². The van der Waals surface area contributed by atoms with Crippen molar-refractivity contribution in [1.82, 2.24) is 5.32 Å². The minimum absolute atomic E-state index is 0.197. The molecule has 32 heavy (non-hydrogen) atoms. The van der Waals surface area contributed by atoms with E-state index in [9.17, 15) is 4.79 Å². The lowest BCUT2D eigenvalue weighted by molar-refractivity contribution is -0.154. The summed E-state index contributed by atoms with van der Waals surface area (Å²) in [6.07, 6.45) is 0.352. The highest BCUT2D eigenvalue weighted by Gasteiger charge is 2.15. The van der Waals surface area contributed by atoms with E-state index < -0.39 is 5.60 Å². The summed E-state index contributed by atoms with van der Waals surface area (Å²) < 4.78 is 42.5. The predicted molar refractivity (Wildman–Crippen MR) is 120 cm³/mol. The second-order valence-electron chi connectivity index (χ2n) is 7.75. The Balaban J connectivity index is 3.10. The molecule has 0 atom stereocenters. The Bertz CT molecular complexity index is 405. The second kappa shape index (κ2) is 23.3. The van der Waals surface area contributed by atoms with Crippen molar-refractivity contribution < 1.29 is 42.7 Å². The van der Waals surface area contributed by atoms with Crippen LogP contribution in [0.15, 0.2) is 0 Å². The van der Waals surface area contributed by atoms with Crippen molar-refractivity contribution in [2.75, 3.05) is 106 Å². The molecule has 0 rings (SSSR count). The van der Waals surface area contributed by atoms with E-state index in [0.717, 1.165) is 0 Å². The van der Waals surface area contributed by atoms with Crippen molar-refractivity contribution in [3.63, 3.8) is 0 Å². The third kappa shape index (κ3) is 27.2. The first-order valence-corrected chi connectivity index (χ1v) is 11.3. The summed E-state index contributed by atoms with van der Waals surface area (Å²) >= 11 is 0. The van der Waals surface area contributed by atoms with Gasteiger partial charge < -0.3 is 43.2 Å². The Labute approximate surface area is 193 Å². The van der Waals surface area contributed by atoms with Crippen molar-refractivity contribution in [3.05, 3.63) is 0 Å². The van der Waals surface area contributed by atoms with Gasteiger partial charge in [0.15, 0.2) is 0 Å². The topological polar surface area (TPSA) is 103 Å². The second-order valence-corrected chi connectivity index (χ2v) is 7.75. The average Bonchev–Trinajstić information content (AvgIpc) is 2.73. The molecule has 0 aliphatic rings. The van der Waals surface area contributed by atoms with E-state index in [4.69, 9.17) is 37.9 Å². The Hall–Kier alpha value is -0.850. The van der Waals surface area contributed by atoms with Crippen LogP contribution in [0, 0.1) is 0 Å². The number of nitrogens with one attached hydrogen (secondary N) is 1. The van der Waals surface area contributed by atoms with Gasteiger partial charge in [0, 0.05) is 20.2 Å². The maximum atomic E-state index is 11.5. The van der Waals surface area contributed by atoms with Crippen LogP contribution >= 0.6 is 0 Å². The third-order valence-electron chi connectivity index (χ3n) is 3.64. The molecular formula is C22H45NO9. The van der Waals surface area contributed by atoms with Crippen LogP contribution in [0.3, 0.4) is 0 Å². The van der Waals surface area contributed by atoms with Gasteiger partial charge in [0.1, 0.15) is 5.60 Å². The molecule has 0 heterocycles. The first-order valence-electron chi connectivity index (χ1n) is 11.3. The zero-order valence-electron chi connectivity index (χ0n) is 20.5. The Morgan fingerprint density at radius 2 is 0.969 bits per heavy atom. The molecule has 0 bridgehead atoms. The van der Waals surface area contributed by atoms with Crippen LogP contribution in [-0.4, -0.2) is 118 Å². The van der Waals surface area contributed by atoms with Gasteiger partial charge in [0.2, 0.25) is 0 Å². The molecule has 0 unspecified atom stereocenters. The first kappa shape index (κ1) is 31.1. The van der Waals surface area contributed by atoms with Crippen LogP contribution in [-0.2, 0) is 42.7 Å². The zero-order chi connectivity index (χ0) is 23.8. The number of esters is 1. The van der Waals surface area contributed by atoms with Crippen molar-refractivity contribution in [3.8, 4) is 0 Å². The number of hydrogen-bond acceptors (Lipinski definition) is 10. The van der Waals surface area contributed by atoms with Crippen molar-refractivity contribution in [1.29, 1.82) is 0 Å². The number of methoxy groups -OCH3 is 1. The molecular weight excluding hydrogens is 422 g/mol. The molecule has 0 spiro atoms. The molecule has 0 saturated heterocycles. The van der Waals surface area contributed by atoms with Gasteiger partial charge in [-0.1, -0.05) is 0 Å². The maximum Gasteiger partial charge on any atom is 0.307 e. The first-order chi connectivity index (χ1) is 15.5. The lowest BCUT2D eigenvalue weighted by atomic mass is 10.2. The van der Waals surface area contributed by atoms with Gasteiger partial charge in [-0.2, -0.15) is 0 Å². The minimum atomic E-state index is -0.436. The highest BCUT2D eigenvalue weighted by molar-refractivity contribution is 5.70. The van der Waals surface area contributed by atoms with Gasteiger partial charge in [0.05, 0.1) is 92.3 Å². The van der Waals surface area contributed by atoms with Crippen LogP contribution in [0.25, 0.3) is 0 Å². The summed E-state index contributed by atoms with van der Waals surface area (Å²) in [5, 5.41) is 3.14. The standard InChI is InChI=1S/C22H45NO9/c1-22(2,3)32-21(24)5-6-23-7-8-26-11-12-28-15-16-30-19-20-31-18-17-29-14-13-27-10-9-25-4/h23H,5-20H2,1-4H3. The summed E-state index contributed by atoms with van der Waals surface area (Å²) in [5.74, 6) is -0.197. The quantitative estimate of drug-likeness (QED) is 0.164. The van der Waals surface area contributed by atoms with Gasteiger partial charge in [-0.05, 0) is 20.8 Å². The molecule has 192 valence electrons. The molecule has 0 fully saturated rings. The molecule has 10 heteroatoms. The van der Waals surface area contributed by atoms with E-state index in [1.165, 1.54) is 0 Å². The van der Waals surface area contributed by atoms with Crippen molar-refractivity contribution >= 4 is 5.97 Å². The van der Waals surface area contributed by atoms with Gasteiger partial charge in [0.25, 0.3) is 0 Å². The summed E-state index contributed by atoms with van der Waals surface area (Å²) in [5.41, 5.74) is -0.436. The molecule has 0 aromatic rings. The van der Waals surface area contributed by atoms with Crippen molar-refractivity contribution in [2.45, 2.75) is 32.8 Å². The van der Waals surface area contributed by atoms with Crippen molar-refractivity contribution in [2.24, 2.45) is 0 Å². The summed E-state index contributed by atoms with van der Waals surface area (Å²) in [4.78, 5) is 11.5. The Morgan fingerprint density at radius 1 is 0.594 bits per heavy atom. The SMILES string of the molecule is COCCOCCOCCOCCOCCOCCOCCNCCC(=O)OC(C)(C)C. The number of carbonyl (C=O) groups excluding carboxylic acids is 1. The highest BCUT2D eigenvalue weighted by Crippen LogP contribution is 2.07. The number of ether oxygens (including phenoxy) is 8. The van der Waals surface area contributed by atoms with E-state index in [2.05, 4.69) is 5.32 Å². The molecule has 0 aliphatic heterocycles.